The number of hydrogen-bond donors (Lipinski definition) is 2. The minimum Gasteiger partial charge on any atom is -0.476 e. The van der Waals surface area contributed by atoms with Crippen LogP contribution in [0.1, 0.15) is 46.9 Å². The van der Waals surface area contributed by atoms with Crippen molar-refractivity contribution < 1.29 is 28.2 Å². The van der Waals surface area contributed by atoms with Crippen molar-refractivity contribution in [1.29, 1.82) is 0 Å². The van der Waals surface area contributed by atoms with E-state index in [1.807, 2.05) is 4.90 Å². The maximum atomic E-state index is 14.6. The number of carbonyl (C=O) groups is 2. The van der Waals surface area contributed by atoms with Crippen LogP contribution in [0.3, 0.4) is 0 Å². The smallest absolute Gasteiger partial charge is 0.356 e. The van der Waals surface area contributed by atoms with Gasteiger partial charge >= 0.3 is 11.9 Å². The Morgan fingerprint density at radius 3 is 2.60 bits per heavy atom. The number of ether oxygens (including phenoxy) is 1. The number of aromatic nitrogens is 3. The largest absolute Gasteiger partial charge is 0.476 e. The number of carboxylic acids is 1. The summed E-state index contributed by atoms with van der Waals surface area (Å²) in [7, 11) is 0. The number of nitrogens with one attached hydrogen (secondary N) is 1. The SMILES string of the molecule is CCOC(=O)C1=C(C2CCN(c3cnc(C(=O)O)cn3)CC2)NC(c2nccs2)=NC1c1ccc(F)c(F)c1Cl. The fourth-order valence-electron chi connectivity index (χ4n) is 4.74. The molecular formula is C26H23ClF2N6O4S. The minimum absolute atomic E-state index is 0.0976. The third-order valence-corrected chi connectivity index (χ3v) is 7.81. The van der Waals surface area contributed by atoms with Crippen LogP contribution in [0.2, 0.25) is 5.02 Å². The quantitative estimate of drug-likeness (QED) is 0.305. The van der Waals surface area contributed by atoms with E-state index in [1.165, 1.54) is 29.8 Å². The van der Waals surface area contributed by atoms with Crippen LogP contribution in [-0.2, 0) is 9.53 Å². The van der Waals surface area contributed by atoms with Crippen LogP contribution < -0.4 is 10.2 Å². The zero-order valence-electron chi connectivity index (χ0n) is 21.1. The number of carboxylic acid groups (broad SMARTS) is 1. The number of carbonyl (C=O) groups excluding carboxylic acids is 1. The lowest BCUT2D eigenvalue weighted by atomic mass is 9.85. The summed E-state index contributed by atoms with van der Waals surface area (Å²) < 4.78 is 33.9. The second-order valence-corrected chi connectivity index (χ2v) is 10.3. The van der Waals surface area contributed by atoms with Crippen molar-refractivity contribution in [2.24, 2.45) is 10.9 Å². The summed E-state index contributed by atoms with van der Waals surface area (Å²) in [5, 5.41) is 14.2. The normalized spacial score (nSPS) is 17.9. The second-order valence-electron chi connectivity index (χ2n) is 8.98. The summed E-state index contributed by atoms with van der Waals surface area (Å²) in [6.07, 6.45) is 5.40. The van der Waals surface area contributed by atoms with Gasteiger partial charge in [-0.1, -0.05) is 17.7 Å². The molecule has 0 bridgehead atoms. The highest BCUT2D eigenvalue weighted by atomic mass is 35.5. The molecule has 14 heteroatoms. The number of amidine groups is 1. The summed E-state index contributed by atoms with van der Waals surface area (Å²) >= 11 is 7.58. The summed E-state index contributed by atoms with van der Waals surface area (Å²) in [5.74, 6) is -3.39. The molecule has 0 aliphatic carbocycles. The first-order valence-corrected chi connectivity index (χ1v) is 13.6. The van der Waals surface area contributed by atoms with Gasteiger partial charge in [-0.05, 0) is 25.8 Å². The number of piperidine rings is 1. The lowest BCUT2D eigenvalue weighted by Gasteiger charge is -2.37. The first-order chi connectivity index (χ1) is 19.3. The van der Waals surface area contributed by atoms with E-state index in [1.54, 1.807) is 18.5 Å². The van der Waals surface area contributed by atoms with Crippen LogP contribution in [0.15, 0.2) is 52.4 Å². The molecule has 0 radical (unpaired) electrons. The number of hydrogen-bond acceptors (Lipinski definition) is 10. The maximum absolute atomic E-state index is 14.6. The Kier molecular flexibility index (Phi) is 8.03. The zero-order chi connectivity index (χ0) is 28.4. The predicted octanol–water partition coefficient (Wildman–Crippen LogP) is 4.39. The molecule has 5 rings (SSSR count). The minimum atomic E-state index is -1.23. The van der Waals surface area contributed by atoms with E-state index in [9.17, 15) is 18.4 Å². The van der Waals surface area contributed by atoms with Gasteiger partial charge in [0, 0.05) is 41.8 Å². The van der Waals surface area contributed by atoms with E-state index in [0.717, 1.165) is 6.07 Å². The van der Waals surface area contributed by atoms with Crippen molar-refractivity contribution in [2.45, 2.75) is 25.8 Å². The first kappa shape index (κ1) is 27.6. The van der Waals surface area contributed by atoms with Gasteiger partial charge in [0.25, 0.3) is 0 Å². The van der Waals surface area contributed by atoms with Crippen molar-refractivity contribution in [3.05, 3.63) is 80.3 Å². The third kappa shape index (κ3) is 5.39. The van der Waals surface area contributed by atoms with Gasteiger partial charge in [-0.3, -0.25) is 4.99 Å². The first-order valence-electron chi connectivity index (χ1n) is 12.4. The lowest BCUT2D eigenvalue weighted by molar-refractivity contribution is -0.139. The van der Waals surface area contributed by atoms with Crippen LogP contribution in [0.5, 0.6) is 0 Å². The molecule has 0 saturated carbocycles. The molecule has 4 heterocycles. The molecule has 2 aromatic heterocycles. The third-order valence-electron chi connectivity index (χ3n) is 6.65. The van der Waals surface area contributed by atoms with Crippen molar-refractivity contribution in [3.63, 3.8) is 0 Å². The van der Waals surface area contributed by atoms with Crippen LogP contribution >= 0.6 is 22.9 Å². The number of rotatable bonds is 7. The van der Waals surface area contributed by atoms with E-state index >= 15 is 0 Å². The van der Waals surface area contributed by atoms with Gasteiger partial charge in [0.15, 0.2) is 28.2 Å². The van der Waals surface area contributed by atoms with E-state index in [0.29, 0.717) is 48.3 Å². The van der Waals surface area contributed by atoms with Gasteiger partial charge in [-0.2, -0.15) is 0 Å². The molecule has 10 nitrogen and oxygen atoms in total. The number of aromatic carboxylic acids is 1. The molecule has 208 valence electrons. The number of allylic oxidation sites excluding steroid dienone is 1. The van der Waals surface area contributed by atoms with E-state index in [2.05, 4.69) is 25.3 Å². The van der Waals surface area contributed by atoms with Crippen LogP contribution in [-0.4, -0.2) is 57.5 Å². The summed E-state index contributed by atoms with van der Waals surface area (Å²) in [4.78, 5) is 43.6. The lowest BCUT2D eigenvalue weighted by Crippen LogP contribution is -2.41. The molecular weight excluding hydrogens is 566 g/mol. The average Bonchev–Trinajstić information content (AvgIpc) is 3.51. The van der Waals surface area contributed by atoms with Crippen molar-refractivity contribution >= 4 is 46.5 Å². The molecule has 2 aliphatic rings. The van der Waals surface area contributed by atoms with Crippen LogP contribution in [0, 0.1) is 17.6 Å². The number of thiazole rings is 1. The van der Waals surface area contributed by atoms with Gasteiger partial charge in [0.1, 0.15) is 11.9 Å². The predicted molar refractivity (Wildman–Crippen MR) is 143 cm³/mol. The van der Waals surface area contributed by atoms with Crippen molar-refractivity contribution in [3.8, 4) is 0 Å². The van der Waals surface area contributed by atoms with Crippen LogP contribution in [0.25, 0.3) is 0 Å². The standard InChI is InChI=1S/C26H23ClF2N6O4S/c1-2-39-26(38)18-21(13-5-8-35(9-6-13)17-12-31-16(11-32-17)25(36)37)33-23(24-30-7-10-40-24)34-22(18)14-3-4-15(28)20(29)19(14)27/h3-4,7,10-13,22H,2,5-6,8-9H2,1H3,(H,33,34)(H,36,37). The Labute approximate surface area is 236 Å². The highest BCUT2D eigenvalue weighted by molar-refractivity contribution is 7.11. The Balaban J connectivity index is 1.52. The summed E-state index contributed by atoms with van der Waals surface area (Å²) in [6.45, 7) is 2.84. The van der Waals surface area contributed by atoms with Gasteiger partial charge in [-0.25, -0.2) is 33.3 Å². The molecule has 1 aromatic carbocycles. The molecule has 1 unspecified atom stereocenters. The molecule has 2 N–H and O–H groups in total. The number of benzene rings is 1. The topological polar surface area (TPSA) is 130 Å². The molecule has 3 aromatic rings. The van der Waals surface area contributed by atoms with Crippen LogP contribution in [0.4, 0.5) is 14.6 Å². The summed E-state index contributed by atoms with van der Waals surface area (Å²) in [5.41, 5.74) is 0.698. The van der Waals surface area contributed by atoms with Gasteiger partial charge in [0.2, 0.25) is 0 Å². The van der Waals surface area contributed by atoms with E-state index < -0.39 is 34.6 Å². The molecule has 2 aliphatic heterocycles. The molecule has 40 heavy (non-hydrogen) atoms. The molecule has 0 amide bonds. The van der Waals surface area contributed by atoms with Gasteiger partial charge in [-0.15, -0.1) is 11.3 Å². The second kappa shape index (κ2) is 11.6. The highest BCUT2D eigenvalue weighted by Crippen LogP contribution is 2.41. The Morgan fingerprint density at radius 2 is 1.98 bits per heavy atom. The van der Waals surface area contributed by atoms with Gasteiger partial charge < -0.3 is 20.1 Å². The highest BCUT2D eigenvalue weighted by Gasteiger charge is 2.38. The Bertz CT molecular complexity index is 1490. The molecule has 1 fully saturated rings. The number of aliphatic imine (C=N–C) groups is 1. The molecule has 0 spiro atoms. The average molecular weight is 589 g/mol. The maximum Gasteiger partial charge on any atom is 0.356 e. The number of anilines is 1. The molecule has 1 saturated heterocycles. The number of nitrogens with zero attached hydrogens (tertiary/aromatic N) is 5. The monoisotopic (exact) mass is 588 g/mol. The van der Waals surface area contributed by atoms with E-state index in [4.69, 9.17) is 21.4 Å². The zero-order valence-corrected chi connectivity index (χ0v) is 22.7. The Morgan fingerprint density at radius 1 is 1.20 bits per heavy atom. The Hall–Kier alpha value is -3.97. The van der Waals surface area contributed by atoms with Gasteiger partial charge in [0.05, 0.1) is 29.6 Å². The number of halogens is 3. The van der Waals surface area contributed by atoms with E-state index in [-0.39, 0.29) is 29.4 Å². The van der Waals surface area contributed by atoms with Crippen molar-refractivity contribution in [2.75, 3.05) is 24.6 Å². The van der Waals surface area contributed by atoms with Crippen molar-refractivity contribution in [1.82, 2.24) is 20.3 Å². The molecule has 1 atom stereocenters. The fourth-order valence-corrected chi connectivity index (χ4v) is 5.58. The fraction of sp³-hybridized carbons (Fsp3) is 0.308. The number of esters is 1. The summed E-state index contributed by atoms with van der Waals surface area (Å²) in [6, 6.07) is 1.21.